The first-order valence-corrected chi connectivity index (χ1v) is 9.92. The Balaban J connectivity index is 1.92. The van der Waals surface area contributed by atoms with Crippen molar-refractivity contribution in [1.29, 1.82) is 0 Å². The summed E-state index contributed by atoms with van der Waals surface area (Å²) in [5.74, 6) is -2.29. The van der Waals surface area contributed by atoms with E-state index in [-0.39, 0.29) is 24.7 Å². The van der Waals surface area contributed by atoms with Crippen LogP contribution in [0.3, 0.4) is 0 Å². The normalized spacial score (nSPS) is 13.7. The summed E-state index contributed by atoms with van der Waals surface area (Å²) in [5, 5.41) is 14.1. The van der Waals surface area contributed by atoms with Crippen LogP contribution >= 0.6 is 0 Å². The number of hydrogen-bond acceptors (Lipinski definition) is 6. The number of carbonyl (C=O) groups is 3. The summed E-state index contributed by atoms with van der Waals surface area (Å²) in [5.41, 5.74) is 2.88. The van der Waals surface area contributed by atoms with Crippen molar-refractivity contribution in [3.8, 4) is 0 Å². The molecule has 7 nitrogen and oxygen atoms in total. The van der Waals surface area contributed by atoms with Gasteiger partial charge in [-0.15, -0.1) is 0 Å². The van der Waals surface area contributed by atoms with Gasteiger partial charge in [-0.3, -0.25) is 19.4 Å². The molecule has 2 aromatic heterocycles. The molecular formula is C24H21N3O4. The first-order chi connectivity index (χ1) is 14.9. The number of carbonyl (C=O) groups excluding carboxylic acids is 2. The molecule has 0 spiro atoms. The highest BCUT2D eigenvalue weighted by atomic mass is 16.4. The Morgan fingerprint density at radius 2 is 1.90 bits per heavy atom. The van der Waals surface area contributed by atoms with Gasteiger partial charge in [0.15, 0.2) is 5.78 Å². The van der Waals surface area contributed by atoms with Crippen LogP contribution < -0.4 is 5.32 Å². The van der Waals surface area contributed by atoms with E-state index in [1.165, 1.54) is 12.2 Å². The van der Waals surface area contributed by atoms with Crippen LogP contribution in [-0.4, -0.2) is 45.7 Å². The highest BCUT2D eigenvalue weighted by molar-refractivity contribution is 6.25. The van der Waals surface area contributed by atoms with Gasteiger partial charge in [-0.25, -0.2) is 4.98 Å². The van der Waals surface area contributed by atoms with Crippen molar-refractivity contribution < 1.29 is 19.5 Å². The van der Waals surface area contributed by atoms with E-state index in [2.05, 4.69) is 10.3 Å². The Morgan fingerprint density at radius 1 is 1.13 bits per heavy atom. The Morgan fingerprint density at radius 3 is 2.65 bits per heavy atom. The molecular weight excluding hydrogens is 394 g/mol. The molecule has 1 aromatic carbocycles. The lowest BCUT2D eigenvalue weighted by Gasteiger charge is -2.23. The molecule has 1 atom stereocenters. The van der Waals surface area contributed by atoms with E-state index in [1.807, 2.05) is 44.2 Å². The molecule has 0 aliphatic heterocycles. The van der Waals surface area contributed by atoms with Crippen LogP contribution in [0.4, 0.5) is 0 Å². The molecule has 0 amide bonds. The van der Waals surface area contributed by atoms with Crippen LogP contribution in [0, 0.1) is 5.92 Å². The van der Waals surface area contributed by atoms with E-state index >= 15 is 0 Å². The molecule has 3 aromatic rings. The molecule has 0 saturated heterocycles. The number of pyridine rings is 2. The first-order valence-electron chi connectivity index (χ1n) is 9.92. The lowest BCUT2D eigenvalue weighted by molar-refractivity contribution is -0.136. The molecule has 0 saturated carbocycles. The van der Waals surface area contributed by atoms with Crippen LogP contribution in [-0.2, 0) is 9.59 Å². The molecule has 156 valence electrons. The third-order valence-electron chi connectivity index (χ3n) is 5.18. The molecule has 0 bridgehead atoms. The number of nitrogens with zero attached hydrogens (tertiary/aromatic N) is 2. The molecule has 0 radical (unpaired) electrons. The zero-order valence-corrected chi connectivity index (χ0v) is 17.2. The maximum Gasteiger partial charge on any atom is 0.317 e. The van der Waals surface area contributed by atoms with Crippen molar-refractivity contribution in [2.75, 3.05) is 13.1 Å². The first kappa shape index (κ1) is 20.6. The monoisotopic (exact) mass is 415 g/mol. The molecule has 0 fully saturated rings. The second kappa shape index (κ2) is 8.20. The summed E-state index contributed by atoms with van der Waals surface area (Å²) in [7, 11) is 0. The van der Waals surface area contributed by atoms with Crippen molar-refractivity contribution in [1.82, 2.24) is 15.3 Å². The summed E-state index contributed by atoms with van der Waals surface area (Å²) in [4.78, 5) is 46.1. The van der Waals surface area contributed by atoms with Gasteiger partial charge >= 0.3 is 5.97 Å². The van der Waals surface area contributed by atoms with E-state index in [0.29, 0.717) is 22.3 Å². The van der Waals surface area contributed by atoms with E-state index in [4.69, 9.17) is 10.1 Å². The fourth-order valence-corrected chi connectivity index (χ4v) is 3.91. The van der Waals surface area contributed by atoms with Crippen LogP contribution in [0.25, 0.3) is 27.2 Å². The summed E-state index contributed by atoms with van der Waals surface area (Å²) < 4.78 is 0. The van der Waals surface area contributed by atoms with Gasteiger partial charge in [0.05, 0.1) is 23.7 Å². The average molecular weight is 415 g/mol. The van der Waals surface area contributed by atoms with Crippen molar-refractivity contribution in [3.63, 3.8) is 0 Å². The number of fused-ring (bicyclic) bond motifs is 2. The zero-order valence-electron chi connectivity index (χ0n) is 17.2. The van der Waals surface area contributed by atoms with Crippen LogP contribution in [0.2, 0.25) is 0 Å². The number of hydrogen-bond donors (Lipinski definition) is 2. The smallest absolute Gasteiger partial charge is 0.317 e. The molecule has 7 heteroatoms. The van der Waals surface area contributed by atoms with Gasteiger partial charge in [-0.1, -0.05) is 23.8 Å². The summed E-state index contributed by atoms with van der Waals surface area (Å²) in [6.07, 6.45) is 4.52. The van der Waals surface area contributed by atoms with E-state index in [0.717, 1.165) is 21.9 Å². The second-order valence-corrected chi connectivity index (χ2v) is 7.72. The van der Waals surface area contributed by atoms with Crippen LogP contribution in [0.5, 0.6) is 0 Å². The van der Waals surface area contributed by atoms with E-state index in [9.17, 15) is 14.4 Å². The molecule has 31 heavy (non-hydrogen) atoms. The number of carboxylic acids is 1. The van der Waals surface area contributed by atoms with Crippen molar-refractivity contribution in [3.05, 3.63) is 65.6 Å². The average Bonchev–Trinajstić information content (AvgIpc) is 2.73. The standard InChI is InChI=1S/C24H21N3O4/c1-13(2)9-19(28)17(11-25-12-21(30)31)16-10-20(29)24-22-15(7-8-26-24)14-5-3-4-6-18(14)27-23(16)22/h3-10,17,25H,11-12H2,1-2H3,(H,30,31). The third kappa shape index (κ3) is 3.87. The Hall–Kier alpha value is -3.71. The molecule has 1 aliphatic rings. The van der Waals surface area contributed by atoms with Crippen molar-refractivity contribution >= 4 is 44.8 Å². The van der Waals surface area contributed by atoms with Crippen LogP contribution in [0.1, 0.15) is 30.0 Å². The van der Waals surface area contributed by atoms with Gasteiger partial charge in [0, 0.05) is 23.5 Å². The summed E-state index contributed by atoms with van der Waals surface area (Å²) in [6, 6.07) is 9.46. The number of allylic oxidation sites excluding steroid dienone is 3. The topological polar surface area (TPSA) is 109 Å². The van der Waals surface area contributed by atoms with Gasteiger partial charge in [-0.05, 0) is 49.1 Å². The highest BCUT2D eigenvalue weighted by Gasteiger charge is 2.31. The summed E-state index contributed by atoms with van der Waals surface area (Å²) in [6.45, 7) is 3.40. The molecule has 4 rings (SSSR count). The summed E-state index contributed by atoms with van der Waals surface area (Å²) >= 11 is 0. The number of rotatable bonds is 7. The lowest BCUT2D eigenvalue weighted by Crippen LogP contribution is -2.33. The number of para-hydroxylation sites is 1. The van der Waals surface area contributed by atoms with Crippen molar-refractivity contribution in [2.45, 2.75) is 13.8 Å². The van der Waals surface area contributed by atoms with Gasteiger partial charge in [-0.2, -0.15) is 0 Å². The molecule has 1 unspecified atom stereocenters. The minimum absolute atomic E-state index is 0.0691. The number of aliphatic carboxylic acids is 1. The molecule has 2 heterocycles. The Kier molecular flexibility index (Phi) is 5.44. The predicted molar refractivity (Wildman–Crippen MR) is 118 cm³/mol. The van der Waals surface area contributed by atoms with Crippen LogP contribution in [0.15, 0.2) is 54.3 Å². The van der Waals surface area contributed by atoms with Gasteiger partial charge in [0.25, 0.3) is 0 Å². The minimum Gasteiger partial charge on any atom is -0.480 e. The Bertz CT molecular complexity index is 1300. The third-order valence-corrected chi connectivity index (χ3v) is 5.18. The number of aromatic nitrogens is 2. The van der Waals surface area contributed by atoms with Gasteiger partial charge in [0.1, 0.15) is 5.69 Å². The Labute approximate surface area is 178 Å². The SMILES string of the molecule is CC(C)=CC(=O)C(CNCC(=O)O)C1=CC(=O)c2nccc3c2c1nc1ccccc13. The quantitative estimate of drug-likeness (QED) is 0.450. The maximum absolute atomic E-state index is 13.1. The van der Waals surface area contributed by atoms with E-state index < -0.39 is 11.9 Å². The molecule has 1 aliphatic carbocycles. The fourth-order valence-electron chi connectivity index (χ4n) is 3.91. The lowest BCUT2D eigenvalue weighted by atomic mass is 9.83. The highest BCUT2D eigenvalue weighted by Crippen LogP contribution is 2.38. The fraction of sp³-hybridized carbons (Fsp3) is 0.208. The zero-order chi connectivity index (χ0) is 22.1. The minimum atomic E-state index is -1.03. The predicted octanol–water partition coefficient (Wildman–Crippen LogP) is 3.19. The van der Waals surface area contributed by atoms with E-state index in [1.54, 1.807) is 6.20 Å². The number of ketones is 2. The molecule has 2 N–H and O–H groups in total. The number of carboxylic acid groups (broad SMARTS) is 1. The largest absolute Gasteiger partial charge is 0.480 e. The van der Waals surface area contributed by atoms with Gasteiger partial charge < -0.3 is 10.4 Å². The number of benzene rings is 1. The number of nitrogens with one attached hydrogen (secondary N) is 1. The van der Waals surface area contributed by atoms with Gasteiger partial charge in [0.2, 0.25) is 5.78 Å². The van der Waals surface area contributed by atoms with Crippen molar-refractivity contribution in [2.24, 2.45) is 5.92 Å². The maximum atomic E-state index is 13.1. The second-order valence-electron chi connectivity index (χ2n) is 7.72.